The lowest BCUT2D eigenvalue weighted by atomic mass is 9.95. The third-order valence-electron chi connectivity index (χ3n) is 6.01. The maximum atomic E-state index is 13.1. The summed E-state index contributed by atoms with van der Waals surface area (Å²) in [6, 6.07) is -3.55. The Hall–Kier alpha value is -2.16. The molecule has 0 aromatic carbocycles. The van der Waals surface area contributed by atoms with Crippen LogP contribution in [-0.2, 0) is 19.2 Å². The zero-order chi connectivity index (χ0) is 25.9. The predicted octanol–water partition coefficient (Wildman–Crippen LogP) is 2.04. The maximum absolute atomic E-state index is 13.1. The highest BCUT2D eigenvalue weighted by Crippen LogP contribution is 2.13. The van der Waals surface area contributed by atoms with E-state index in [2.05, 4.69) is 16.0 Å². The summed E-state index contributed by atoms with van der Waals surface area (Å²) >= 11 is 0. The first-order valence-corrected chi connectivity index (χ1v) is 12.1. The first-order valence-electron chi connectivity index (χ1n) is 12.1. The summed E-state index contributed by atoms with van der Waals surface area (Å²) < 4.78 is 0. The van der Waals surface area contributed by atoms with E-state index >= 15 is 0 Å². The Bertz CT molecular complexity index is 653. The van der Waals surface area contributed by atoms with Crippen molar-refractivity contribution in [2.24, 2.45) is 29.4 Å². The zero-order valence-electron chi connectivity index (χ0n) is 21.6. The Kier molecular flexibility index (Phi) is 13.9. The van der Waals surface area contributed by atoms with Gasteiger partial charge in [-0.2, -0.15) is 0 Å². The molecule has 6 atom stereocenters. The van der Waals surface area contributed by atoms with Crippen LogP contribution in [0.3, 0.4) is 0 Å². The van der Waals surface area contributed by atoms with Gasteiger partial charge in [0.05, 0.1) is 6.04 Å². The van der Waals surface area contributed by atoms with Crippen LogP contribution >= 0.6 is 0 Å². The third-order valence-corrected chi connectivity index (χ3v) is 6.01. The third kappa shape index (κ3) is 11.0. The molecule has 6 N–H and O–H groups in total. The topological polar surface area (TPSA) is 151 Å². The van der Waals surface area contributed by atoms with Gasteiger partial charge in [-0.3, -0.25) is 14.4 Å². The summed E-state index contributed by atoms with van der Waals surface area (Å²) in [4.78, 5) is 50.3. The molecule has 0 spiro atoms. The highest BCUT2D eigenvalue weighted by molar-refractivity contribution is 5.94. The van der Waals surface area contributed by atoms with Crippen molar-refractivity contribution in [1.29, 1.82) is 0 Å². The summed E-state index contributed by atoms with van der Waals surface area (Å²) in [6.07, 6.45) is 1.99. The van der Waals surface area contributed by atoms with Crippen molar-refractivity contribution in [3.8, 4) is 0 Å². The van der Waals surface area contributed by atoms with Gasteiger partial charge in [0.2, 0.25) is 17.7 Å². The molecule has 0 aromatic rings. The average molecular weight is 471 g/mol. The van der Waals surface area contributed by atoms with Gasteiger partial charge in [0, 0.05) is 0 Å². The molecule has 0 aliphatic heterocycles. The van der Waals surface area contributed by atoms with Crippen molar-refractivity contribution in [3.05, 3.63) is 0 Å². The Morgan fingerprint density at radius 1 is 0.697 bits per heavy atom. The van der Waals surface area contributed by atoms with Crippen molar-refractivity contribution in [2.75, 3.05) is 0 Å². The van der Waals surface area contributed by atoms with Gasteiger partial charge >= 0.3 is 5.97 Å². The largest absolute Gasteiger partial charge is 0.480 e. The van der Waals surface area contributed by atoms with Gasteiger partial charge in [-0.15, -0.1) is 0 Å². The van der Waals surface area contributed by atoms with Crippen LogP contribution in [0.25, 0.3) is 0 Å². The normalized spacial score (nSPS) is 16.9. The molecule has 0 fully saturated rings. The van der Waals surface area contributed by atoms with Gasteiger partial charge in [-0.25, -0.2) is 4.79 Å². The van der Waals surface area contributed by atoms with Crippen LogP contribution in [0.15, 0.2) is 0 Å². The predicted molar refractivity (Wildman–Crippen MR) is 129 cm³/mol. The molecule has 0 heterocycles. The molecule has 6 unspecified atom stereocenters. The Morgan fingerprint density at radius 3 is 1.58 bits per heavy atom. The molecule has 0 radical (unpaired) electrons. The molecule has 0 aliphatic carbocycles. The van der Waals surface area contributed by atoms with Gasteiger partial charge in [-0.05, 0) is 36.5 Å². The molecule has 9 nitrogen and oxygen atoms in total. The van der Waals surface area contributed by atoms with Crippen LogP contribution in [0.5, 0.6) is 0 Å². The number of rotatable bonds is 15. The van der Waals surface area contributed by atoms with Crippen LogP contribution in [-0.4, -0.2) is 53.0 Å². The molecule has 9 heteroatoms. The van der Waals surface area contributed by atoms with Crippen LogP contribution < -0.4 is 21.7 Å². The van der Waals surface area contributed by atoms with E-state index in [1.165, 1.54) is 0 Å². The number of carboxylic acid groups (broad SMARTS) is 1. The smallest absolute Gasteiger partial charge is 0.326 e. The summed E-state index contributed by atoms with van der Waals surface area (Å²) in [5.41, 5.74) is 6.03. The van der Waals surface area contributed by atoms with Crippen LogP contribution in [0.1, 0.15) is 81.1 Å². The van der Waals surface area contributed by atoms with Crippen molar-refractivity contribution < 1.29 is 24.3 Å². The molecule has 0 rings (SSSR count). The Morgan fingerprint density at radius 2 is 1.15 bits per heavy atom. The van der Waals surface area contributed by atoms with Crippen molar-refractivity contribution in [1.82, 2.24) is 16.0 Å². The van der Waals surface area contributed by atoms with E-state index in [9.17, 15) is 24.3 Å². The van der Waals surface area contributed by atoms with Gasteiger partial charge in [0.25, 0.3) is 0 Å². The lowest BCUT2D eigenvalue weighted by molar-refractivity contribution is -0.143. The van der Waals surface area contributed by atoms with Crippen molar-refractivity contribution >= 4 is 23.7 Å². The van der Waals surface area contributed by atoms with Crippen LogP contribution in [0.4, 0.5) is 0 Å². The van der Waals surface area contributed by atoms with E-state index < -0.39 is 47.9 Å². The summed E-state index contributed by atoms with van der Waals surface area (Å²) in [5, 5.41) is 17.5. The highest BCUT2D eigenvalue weighted by Gasteiger charge is 2.33. The second-order valence-corrected chi connectivity index (χ2v) is 10.0. The van der Waals surface area contributed by atoms with Gasteiger partial charge in [-0.1, -0.05) is 68.2 Å². The minimum Gasteiger partial charge on any atom is -0.480 e. The number of hydrogen-bond donors (Lipinski definition) is 5. The number of carboxylic acids is 1. The van der Waals surface area contributed by atoms with E-state index in [1.807, 2.05) is 55.4 Å². The van der Waals surface area contributed by atoms with Crippen molar-refractivity contribution in [2.45, 2.75) is 105 Å². The van der Waals surface area contributed by atoms with Crippen molar-refractivity contribution in [3.63, 3.8) is 0 Å². The molecule has 0 bridgehead atoms. The minimum atomic E-state index is -1.12. The fourth-order valence-electron chi connectivity index (χ4n) is 3.39. The maximum Gasteiger partial charge on any atom is 0.326 e. The van der Waals surface area contributed by atoms with E-state index in [4.69, 9.17) is 5.73 Å². The lowest BCUT2D eigenvalue weighted by Gasteiger charge is -2.29. The number of amides is 3. The zero-order valence-corrected chi connectivity index (χ0v) is 21.6. The minimum absolute atomic E-state index is 0.0414. The molecule has 33 heavy (non-hydrogen) atoms. The number of aliphatic carboxylic acids is 1. The second kappa shape index (κ2) is 14.9. The standard InChI is InChI=1S/C24H46N4O5/c1-9-15(7)19(25)22(30)26-17(11-13(3)4)21(29)28-20(16(8)10-2)23(31)27-18(24(32)33)12-14(5)6/h13-20H,9-12,25H2,1-8H3,(H,26,30)(H,27,31)(H,28,29)(H,32,33). The van der Waals surface area contributed by atoms with Gasteiger partial charge in [0.1, 0.15) is 18.1 Å². The highest BCUT2D eigenvalue weighted by atomic mass is 16.4. The van der Waals surface area contributed by atoms with E-state index in [0.29, 0.717) is 12.8 Å². The van der Waals surface area contributed by atoms with E-state index in [0.717, 1.165) is 6.42 Å². The number of carbonyl (C=O) groups excluding carboxylic acids is 3. The molecular weight excluding hydrogens is 424 g/mol. The number of nitrogens with two attached hydrogens (primary N) is 1. The van der Waals surface area contributed by atoms with Crippen LogP contribution in [0, 0.1) is 23.7 Å². The first kappa shape index (κ1) is 30.8. The summed E-state index contributed by atoms with van der Waals surface area (Å²) in [7, 11) is 0. The molecule has 0 saturated carbocycles. The average Bonchev–Trinajstić information content (AvgIpc) is 2.73. The van der Waals surface area contributed by atoms with Gasteiger partial charge in [0.15, 0.2) is 0 Å². The number of hydrogen-bond acceptors (Lipinski definition) is 5. The van der Waals surface area contributed by atoms with Gasteiger partial charge < -0.3 is 26.8 Å². The van der Waals surface area contributed by atoms with Crippen LogP contribution in [0.2, 0.25) is 0 Å². The fourth-order valence-corrected chi connectivity index (χ4v) is 3.39. The quantitative estimate of drug-likeness (QED) is 0.247. The monoisotopic (exact) mass is 470 g/mol. The molecule has 0 aliphatic rings. The summed E-state index contributed by atoms with van der Waals surface area (Å²) in [5.74, 6) is -2.64. The Balaban J connectivity index is 5.59. The van der Waals surface area contributed by atoms with E-state index in [1.54, 1.807) is 0 Å². The number of nitrogens with one attached hydrogen (secondary N) is 3. The molecule has 3 amide bonds. The summed E-state index contributed by atoms with van der Waals surface area (Å²) in [6.45, 7) is 15.1. The molecule has 0 saturated heterocycles. The van der Waals surface area contributed by atoms with E-state index in [-0.39, 0.29) is 30.1 Å². The molecular formula is C24H46N4O5. The lowest BCUT2D eigenvalue weighted by Crippen LogP contribution is -2.59. The molecule has 192 valence electrons. The Labute approximate surface area is 199 Å². The first-order chi connectivity index (χ1) is 15.2. The second-order valence-electron chi connectivity index (χ2n) is 10.0. The fraction of sp³-hybridized carbons (Fsp3) is 0.833. The SMILES string of the molecule is CCC(C)C(N)C(=O)NC(CC(C)C)C(=O)NC(C(=O)NC(CC(C)C)C(=O)O)C(C)CC. The molecule has 0 aromatic heterocycles. The number of carbonyl (C=O) groups is 4.